The third-order valence-electron chi connectivity index (χ3n) is 2.61. The Morgan fingerprint density at radius 1 is 1.56 bits per heavy atom. The average molecular weight is 228 g/mol. The lowest BCUT2D eigenvalue weighted by Crippen LogP contribution is -2.63. The number of amides is 2. The van der Waals surface area contributed by atoms with Gasteiger partial charge in [0.2, 0.25) is 5.91 Å². The lowest BCUT2D eigenvalue weighted by atomic mass is 10.00. The first-order chi connectivity index (χ1) is 7.35. The molecule has 2 amide bonds. The summed E-state index contributed by atoms with van der Waals surface area (Å²) < 4.78 is 5.13. The summed E-state index contributed by atoms with van der Waals surface area (Å²) in [5, 5.41) is 2.73. The Bertz CT molecular complexity index is 287. The molecule has 16 heavy (non-hydrogen) atoms. The summed E-state index contributed by atoms with van der Waals surface area (Å²) >= 11 is 0. The smallest absolute Gasteiger partial charge is 0.410 e. The Balaban J connectivity index is 2.63. The average Bonchev–Trinajstić information content (AvgIpc) is 2.18. The van der Waals surface area contributed by atoms with Gasteiger partial charge in [0.15, 0.2) is 0 Å². The Hall–Kier alpha value is -1.26. The quantitative estimate of drug-likeness (QED) is 0.766. The highest BCUT2D eigenvalue weighted by Crippen LogP contribution is 2.18. The van der Waals surface area contributed by atoms with Crippen LogP contribution in [-0.4, -0.2) is 42.1 Å². The Morgan fingerprint density at radius 2 is 2.19 bits per heavy atom. The normalized spacial score (nSPS) is 19.6. The molecule has 1 saturated heterocycles. The van der Waals surface area contributed by atoms with Gasteiger partial charge in [-0.05, 0) is 19.8 Å². The molecule has 0 aliphatic carbocycles. The number of carbonyl (C=O) groups is 2. The van der Waals surface area contributed by atoms with E-state index < -0.39 is 11.6 Å². The molecular weight excluding hydrogens is 208 g/mol. The summed E-state index contributed by atoms with van der Waals surface area (Å²) in [6, 6.07) is 0. The molecule has 1 rings (SSSR count). The van der Waals surface area contributed by atoms with Crippen molar-refractivity contribution in [3.63, 3.8) is 0 Å². The maximum absolute atomic E-state index is 11.8. The third-order valence-corrected chi connectivity index (χ3v) is 2.61. The zero-order valence-electron chi connectivity index (χ0n) is 10.4. The van der Waals surface area contributed by atoms with Crippen molar-refractivity contribution < 1.29 is 14.3 Å². The first kappa shape index (κ1) is 12.8. The zero-order chi connectivity index (χ0) is 12.3. The summed E-state index contributed by atoms with van der Waals surface area (Å²) in [6.07, 6.45) is -0.409. The van der Waals surface area contributed by atoms with Crippen LogP contribution in [0.25, 0.3) is 0 Å². The zero-order valence-corrected chi connectivity index (χ0v) is 10.4. The number of rotatable bonds is 2. The van der Waals surface area contributed by atoms with E-state index in [2.05, 4.69) is 5.32 Å². The number of piperazine rings is 1. The van der Waals surface area contributed by atoms with Crippen molar-refractivity contribution in [3.05, 3.63) is 0 Å². The van der Waals surface area contributed by atoms with Crippen LogP contribution in [0, 0.1) is 5.92 Å². The van der Waals surface area contributed by atoms with Gasteiger partial charge in [0, 0.05) is 13.1 Å². The van der Waals surface area contributed by atoms with Crippen LogP contribution in [0.2, 0.25) is 0 Å². The molecule has 1 fully saturated rings. The monoisotopic (exact) mass is 228 g/mol. The van der Waals surface area contributed by atoms with Crippen LogP contribution in [0.1, 0.15) is 27.7 Å². The fraction of sp³-hybridized carbons (Fsp3) is 0.818. The van der Waals surface area contributed by atoms with Crippen LogP contribution in [0.15, 0.2) is 0 Å². The standard InChI is InChI=1S/C11H20N2O3/c1-8(2)7-16-10(15)13-6-5-12-9(14)11(13,3)4/h8H,5-7H2,1-4H3,(H,12,14). The van der Waals surface area contributed by atoms with Crippen molar-refractivity contribution in [3.8, 4) is 0 Å². The van der Waals surface area contributed by atoms with Gasteiger partial charge in [-0.2, -0.15) is 0 Å². The van der Waals surface area contributed by atoms with Crippen LogP contribution in [0.3, 0.4) is 0 Å². The van der Waals surface area contributed by atoms with Gasteiger partial charge < -0.3 is 10.1 Å². The van der Waals surface area contributed by atoms with E-state index in [4.69, 9.17) is 4.74 Å². The van der Waals surface area contributed by atoms with Crippen molar-refractivity contribution in [1.82, 2.24) is 10.2 Å². The number of ether oxygens (including phenoxy) is 1. The highest BCUT2D eigenvalue weighted by atomic mass is 16.6. The van der Waals surface area contributed by atoms with E-state index >= 15 is 0 Å². The molecule has 0 radical (unpaired) electrons. The summed E-state index contributed by atoms with van der Waals surface area (Å²) in [4.78, 5) is 24.9. The number of hydrogen-bond donors (Lipinski definition) is 1. The van der Waals surface area contributed by atoms with Gasteiger partial charge in [-0.25, -0.2) is 4.79 Å². The molecule has 1 N–H and O–H groups in total. The maximum atomic E-state index is 11.8. The summed E-state index contributed by atoms with van der Waals surface area (Å²) in [7, 11) is 0. The van der Waals surface area contributed by atoms with Crippen molar-refractivity contribution in [2.45, 2.75) is 33.2 Å². The SMILES string of the molecule is CC(C)COC(=O)N1CCNC(=O)C1(C)C. The van der Waals surface area contributed by atoms with Crippen LogP contribution >= 0.6 is 0 Å². The highest BCUT2D eigenvalue weighted by molar-refractivity contribution is 5.90. The largest absolute Gasteiger partial charge is 0.449 e. The van der Waals surface area contributed by atoms with E-state index in [0.29, 0.717) is 25.6 Å². The van der Waals surface area contributed by atoms with E-state index in [1.807, 2.05) is 13.8 Å². The third kappa shape index (κ3) is 2.65. The summed E-state index contributed by atoms with van der Waals surface area (Å²) in [6.45, 7) is 8.75. The minimum atomic E-state index is -0.827. The van der Waals surface area contributed by atoms with Gasteiger partial charge in [-0.3, -0.25) is 9.69 Å². The Kier molecular flexibility index (Phi) is 3.78. The topological polar surface area (TPSA) is 58.6 Å². The molecule has 0 atom stereocenters. The van der Waals surface area contributed by atoms with Crippen LogP contribution in [0.5, 0.6) is 0 Å². The van der Waals surface area contributed by atoms with Gasteiger partial charge in [-0.15, -0.1) is 0 Å². The van der Waals surface area contributed by atoms with Crippen LogP contribution < -0.4 is 5.32 Å². The Labute approximate surface area is 96.1 Å². The van der Waals surface area contributed by atoms with Crippen molar-refractivity contribution >= 4 is 12.0 Å². The Morgan fingerprint density at radius 3 is 2.75 bits per heavy atom. The molecule has 0 aromatic carbocycles. The number of nitrogens with one attached hydrogen (secondary N) is 1. The van der Waals surface area contributed by atoms with Gasteiger partial charge in [-0.1, -0.05) is 13.8 Å². The number of hydrogen-bond acceptors (Lipinski definition) is 3. The van der Waals surface area contributed by atoms with E-state index in [1.54, 1.807) is 13.8 Å². The van der Waals surface area contributed by atoms with Gasteiger partial charge >= 0.3 is 6.09 Å². The molecule has 0 saturated carbocycles. The van der Waals surface area contributed by atoms with Crippen molar-refractivity contribution in [1.29, 1.82) is 0 Å². The predicted octanol–water partition coefficient (Wildman–Crippen LogP) is 0.989. The second kappa shape index (κ2) is 4.72. The molecule has 0 bridgehead atoms. The van der Waals surface area contributed by atoms with Gasteiger partial charge in [0.25, 0.3) is 0 Å². The van der Waals surface area contributed by atoms with Crippen molar-refractivity contribution in [2.24, 2.45) is 5.92 Å². The van der Waals surface area contributed by atoms with Gasteiger partial charge in [0.1, 0.15) is 5.54 Å². The fourth-order valence-electron chi connectivity index (χ4n) is 1.54. The van der Waals surface area contributed by atoms with E-state index in [9.17, 15) is 9.59 Å². The molecule has 5 heteroatoms. The lowest BCUT2D eigenvalue weighted by molar-refractivity contribution is -0.133. The molecule has 0 unspecified atom stereocenters. The molecule has 5 nitrogen and oxygen atoms in total. The molecule has 0 spiro atoms. The van der Waals surface area contributed by atoms with Gasteiger partial charge in [0.05, 0.1) is 6.61 Å². The fourth-order valence-corrected chi connectivity index (χ4v) is 1.54. The maximum Gasteiger partial charge on any atom is 0.410 e. The lowest BCUT2D eigenvalue weighted by Gasteiger charge is -2.40. The van der Waals surface area contributed by atoms with Crippen LogP contribution in [-0.2, 0) is 9.53 Å². The molecule has 1 aliphatic rings. The van der Waals surface area contributed by atoms with Crippen LogP contribution in [0.4, 0.5) is 4.79 Å². The molecule has 0 aromatic heterocycles. The number of nitrogens with zero attached hydrogens (tertiary/aromatic N) is 1. The number of carbonyl (C=O) groups excluding carboxylic acids is 2. The second-order valence-electron chi connectivity index (χ2n) is 4.94. The predicted molar refractivity (Wildman–Crippen MR) is 60.0 cm³/mol. The highest BCUT2D eigenvalue weighted by Gasteiger charge is 2.41. The molecule has 1 heterocycles. The summed E-state index contributed by atoms with van der Waals surface area (Å²) in [5.74, 6) is 0.158. The molecule has 1 aliphatic heterocycles. The summed E-state index contributed by atoms with van der Waals surface area (Å²) in [5.41, 5.74) is -0.827. The van der Waals surface area contributed by atoms with E-state index in [-0.39, 0.29) is 5.91 Å². The minimum absolute atomic E-state index is 0.139. The second-order valence-corrected chi connectivity index (χ2v) is 4.94. The molecule has 92 valence electrons. The molecular formula is C11H20N2O3. The first-order valence-corrected chi connectivity index (χ1v) is 5.58. The first-order valence-electron chi connectivity index (χ1n) is 5.58. The van der Waals surface area contributed by atoms with Crippen molar-refractivity contribution in [2.75, 3.05) is 19.7 Å². The molecule has 0 aromatic rings. The van der Waals surface area contributed by atoms with E-state index in [1.165, 1.54) is 4.90 Å². The minimum Gasteiger partial charge on any atom is -0.449 e. The van der Waals surface area contributed by atoms with E-state index in [0.717, 1.165) is 0 Å².